The van der Waals surface area contributed by atoms with E-state index in [4.69, 9.17) is 4.74 Å². The average molecular weight is 453 g/mol. The van der Waals surface area contributed by atoms with Gasteiger partial charge in [-0.25, -0.2) is 14.0 Å². The van der Waals surface area contributed by atoms with Crippen molar-refractivity contribution in [2.24, 2.45) is 0 Å². The minimum absolute atomic E-state index is 0.291. The van der Waals surface area contributed by atoms with Crippen LogP contribution in [0, 0.1) is 12.7 Å². The predicted octanol–water partition coefficient (Wildman–Crippen LogP) is 5.72. The number of hydrogen-bond acceptors (Lipinski definition) is 4. The molecule has 5 nitrogen and oxygen atoms in total. The fraction of sp³-hybridized carbons (Fsp3) is 0.280. The molecule has 1 unspecified atom stereocenters. The third-order valence-electron chi connectivity index (χ3n) is 5.89. The number of para-hydroxylation sites is 1. The molecule has 2 heterocycles. The highest BCUT2D eigenvalue weighted by Crippen LogP contribution is 2.43. The van der Waals surface area contributed by atoms with Crippen LogP contribution in [0.1, 0.15) is 49.8 Å². The molecule has 0 spiro atoms. The molecule has 7 heteroatoms. The first-order valence-electron chi connectivity index (χ1n) is 10.6. The van der Waals surface area contributed by atoms with E-state index in [9.17, 15) is 14.0 Å². The minimum atomic E-state index is -0.515. The number of nitrogens with zero attached hydrogens (tertiary/aromatic N) is 1. The van der Waals surface area contributed by atoms with Crippen molar-refractivity contribution in [1.29, 1.82) is 0 Å². The molecule has 1 aliphatic rings. The van der Waals surface area contributed by atoms with Gasteiger partial charge >= 0.3 is 12.0 Å². The summed E-state index contributed by atoms with van der Waals surface area (Å²) in [6, 6.07) is 12.4. The third-order valence-corrected chi connectivity index (χ3v) is 7.13. The van der Waals surface area contributed by atoms with Crippen molar-refractivity contribution < 1.29 is 18.7 Å². The number of fused-ring (bicyclic) bond motifs is 1. The first kappa shape index (κ1) is 22.0. The predicted molar refractivity (Wildman–Crippen MR) is 124 cm³/mol. The molecule has 1 aromatic heterocycles. The van der Waals surface area contributed by atoms with Crippen LogP contribution < -0.4 is 5.32 Å². The molecule has 3 aromatic rings. The summed E-state index contributed by atoms with van der Waals surface area (Å²) in [5.74, 6) is -0.831. The standard InChI is InChI=1S/C25H25FN2O3S/c1-4-18-15(2)32-23-19(18)13-14-28(22(23)16-9-11-17(26)12-10-16)25(30)27-21-8-6-5-7-20(21)24(29)31-3/h5-12,22H,4,13-14H2,1-3H3,(H,27,30). The van der Waals surface area contributed by atoms with E-state index in [-0.39, 0.29) is 17.9 Å². The van der Waals surface area contributed by atoms with Gasteiger partial charge in [-0.1, -0.05) is 31.2 Å². The third kappa shape index (κ3) is 4.00. The van der Waals surface area contributed by atoms with E-state index in [1.54, 1.807) is 52.6 Å². The van der Waals surface area contributed by atoms with E-state index in [0.29, 0.717) is 17.8 Å². The molecule has 0 saturated carbocycles. The van der Waals surface area contributed by atoms with Crippen molar-refractivity contribution in [3.63, 3.8) is 0 Å². The first-order valence-corrected chi connectivity index (χ1v) is 11.4. The van der Waals surface area contributed by atoms with E-state index < -0.39 is 5.97 Å². The number of rotatable bonds is 4. The maximum atomic E-state index is 13.6. The SMILES string of the molecule is CCc1c(C)sc2c1CCN(C(=O)Nc1ccccc1C(=O)OC)C2c1ccc(F)cc1. The number of methoxy groups -OCH3 is 1. The number of carbonyl (C=O) groups excluding carboxylic acids is 2. The maximum Gasteiger partial charge on any atom is 0.339 e. The van der Waals surface area contributed by atoms with Gasteiger partial charge in [-0.05, 0) is 60.7 Å². The second kappa shape index (κ2) is 9.12. The molecule has 4 rings (SSSR count). The summed E-state index contributed by atoms with van der Waals surface area (Å²) in [6.07, 6.45) is 1.69. The van der Waals surface area contributed by atoms with Gasteiger partial charge in [0.15, 0.2) is 0 Å². The zero-order valence-electron chi connectivity index (χ0n) is 18.3. The molecule has 0 radical (unpaired) electrons. The number of urea groups is 1. The highest BCUT2D eigenvalue weighted by molar-refractivity contribution is 7.12. The van der Waals surface area contributed by atoms with E-state index >= 15 is 0 Å². The van der Waals surface area contributed by atoms with Gasteiger partial charge in [0.25, 0.3) is 0 Å². The number of hydrogen-bond donors (Lipinski definition) is 1. The lowest BCUT2D eigenvalue weighted by molar-refractivity contribution is 0.0602. The number of nitrogens with one attached hydrogen (secondary N) is 1. The minimum Gasteiger partial charge on any atom is -0.465 e. The molecule has 0 saturated heterocycles. The summed E-state index contributed by atoms with van der Waals surface area (Å²) in [7, 11) is 1.31. The molecule has 0 fully saturated rings. The normalized spacial score (nSPS) is 15.2. The number of aryl methyl sites for hydroxylation is 1. The topological polar surface area (TPSA) is 58.6 Å². The number of ether oxygens (including phenoxy) is 1. The molecule has 1 aliphatic heterocycles. The van der Waals surface area contributed by atoms with E-state index in [1.165, 1.54) is 35.2 Å². The number of benzene rings is 2. The van der Waals surface area contributed by atoms with Gasteiger partial charge in [0.2, 0.25) is 0 Å². The summed E-state index contributed by atoms with van der Waals surface area (Å²) in [4.78, 5) is 29.7. The number of esters is 1. The second-order valence-electron chi connectivity index (χ2n) is 7.70. The molecule has 1 atom stereocenters. The lowest BCUT2D eigenvalue weighted by Crippen LogP contribution is -2.42. The lowest BCUT2D eigenvalue weighted by Gasteiger charge is -2.36. The Bertz CT molecular complexity index is 1160. The summed E-state index contributed by atoms with van der Waals surface area (Å²) >= 11 is 1.70. The van der Waals surface area contributed by atoms with Crippen molar-refractivity contribution in [2.45, 2.75) is 32.7 Å². The van der Waals surface area contributed by atoms with Crippen LogP contribution in [0.15, 0.2) is 48.5 Å². The summed E-state index contributed by atoms with van der Waals surface area (Å²) in [5, 5.41) is 2.89. The van der Waals surface area contributed by atoms with Gasteiger partial charge in [0.1, 0.15) is 5.82 Å². The lowest BCUT2D eigenvalue weighted by atomic mass is 9.92. The molecular formula is C25H25FN2O3S. The Morgan fingerprint density at radius 3 is 2.59 bits per heavy atom. The smallest absolute Gasteiger partial charge is 0.339 e. The number of halogens is 1. The Hall–Kier alpha value is -3.19. The fourth-order valence-electron chi connectivity index (χ4n) is 4.37. The van der Waals surface area contributed by atoms with E-state index in [1.807, 2.05) is 0 Å². The second-order valence-corrected chi connectivity index (χ2v) is 8.95. The largest absolute Gasteiger partial charge is 0.465 e. The van der Waals surface area contributed by atoms with Crippen molar-refractivity contribution in [3.05, 3.63) is 86.4 Å². The molecule has 1 N–H and O–H groups in total. The zero-order valence-corrected chi connectivity index (χ0v) is 19.1. The van der Waals surface area contributed by atoms with Crippen molar-refractivity contribution in [3.8, 4) is 0 Å². The molecule has 0 aliphatic carbocycles. The van der Waals surface area contributed by atoms with Crippen LogP contribution in [0.4, 0.5) is 14.9 Å². The van der Waals surface area contributed by atoms with Crippen LogP contribution in [0.3, 0.4) is 0 Å². The number of anilines is 1. The Morgan fingerprint density at radius 2 is 1.91 bits per heavy atom. The average Bonchev–Trinajstić information content (AvgIpc) is 3.13. The summed E-state index contributed by atoms with van der Waals surface area (Å²) < 4.78 is 18.5. The molecule has 0 bridgehead atoms. The van der Waals surface area contributed by atoms with Gasteiger partial charge in [-0.3, -0.25) is 0 Å². The highest BCUT2D eigenvalue weighted by Gasteiger charge is 2.35. The van der Waals surface area contributed by atoms with Gasteiger partial charge in [-0.2, -0.15) is 0 Å². The number of amides is 2. The maximum absolute atomic E-state index is 13.6. The van der Waals surface area contributed by atoms with Crippen molar-refractivity contribution in [2.75, 3.05) is 19.0 Å². The molecular weight excluding hydrogens is 427 g/mol. The van der Waals surface area contributed by atoms with E-state index in [2.05, 4.69) is 19.2 Å². The molecule has 32 heavy (non-hydrogen) atoms. The zero-order chi connectivity index (χ0) is 22.8. The van der Waals surface area contributed by atoms with Gasteiger partial charge < -0.3 is 15.0 Å². The fourth-order valence-corrected chi connectivity index (χ4v) is 5.82. The first-order chi connectivity index (χ1) is 15.4. The highest BCUT2D eigenvalue weighted by atomic mass is 32.1. The molecule has 2 aromatic carbocycles. The van der Waals surface area contributed by atoms with Crippen LogP contribution in [0.2, 0.25) is 0 Å². The number of thiophene rings is 1. The Kier molecular flexibility index (Phi) is 6.28. The molecule has 2 amide bonds. The van der Waals surface area contributed by atoms with Gasteiger partial charge in [-0.15, -0.1) is 11.3 Å². The Balaban J connectivity index is 1.73. The van der Waals surface area contributed by atoms with Crippen molar-refractivity contribution in [1.82, 2.24) is 4.90 Å². The van der Waals surface area contributed by atoms with Crippen LogP contribution in [-0.4, -0.2) is 30.6 Å². The monoisotopic (exact) mass is 452 g/mol. The van der Waals surface area contributed by atoms with Crippen LogP contribution in [-0.2, 0) is 17.6 Å². The summed E-state index contributed by atoms with van der Waals surface area (Å²) in [5.41, 5.74) is 4.17. The van der Waals surface area contributed by atoms with Gasteiger partial charge in [0.05, 0.1) is 24.4 Å². The Morgan fingerprint density at radius 1 is 1.19 bits per heavy atom. The van der Waals surface area contributed by atoms with Crippen LogP contribution in [0.5, 0.6) is 0 Å². The molecule has 166 valence electrons. The van der Waals surface area contributed by atoms with Gasteiger partial charge in [0, 0.05) is 16.3 Å². The number of carbonyl (C=O) groups is 2. The Labute approximate surface area is 190 Å². The van der Waals surface area contributed by atoms with Crippen LogP contribution in [0.25, 0.3) is 0 Å². The van der Waals surface area contributed by atoms with E-state index in [0.717, 1.165) is 23.3 Å². The summed E-state index contributed by atoms with van der Waals surface area (Å²) in [6.45, 7) is 4.77. The van der Waals surface area contributed by atoms with Crippen molar-refractivity contribution >= 4 is 29.0 Å². The quantitative estimate of drug-likeness (QED) is 0.515. The van der Waals surface area contributed by atoms with Crippen LogP contribution >= 0.6 is 11.3 Å².